The van der Waals surface area contributed by atoms with Gasteiger partial charge in [-0.15, -0.1) is 24.8 Å². The lowest BCUT2D eigenvalue weighted by molar-refractivity contribution is 0.162. The van der Waals surface area contributed by atoms with E-state index in [1.807, 2.05) is 6.26 Å². The quantitative estimate of drug-likeness (QED) is 0.813. The number of halogens is 2. The average molecular weight is 309 g/mol. The van der Waals surface area contributed by atoms with Gasteiger partial charge in [-0.25, -0.2) is 0 Å². The molecular weight excluding hydrogens is 283 g/mol. The molecule has 1 aromatic rings. The van der Waals surface area contributed by atoms with Crippen LogP contribution in [-0.2, 0) is 0 Å². The molecule has 19 heavy (non-hydrogen) atoms. The van der Waals surface area contributed by atoms with Gasteiger partial charge in [0.15, 0.2) is 0 Å². The van der Waals surface area contributed by atoms with Crippen molar-refractivity contribution in [3.8, 4) is 0 Å². The van der Waals surface area contributed by atoms with E-state index < -0.39 is 0 Å². The molecule has 1 aliphatic rings. The predicted molar refractivity (Wildman–Crippen MR) is 84.5 cm³/mol. The smallest absolute Gasteiger partial charge is 0.0950 e. The third-order valence-electron chi connectivity index (χ3n) is 3.60. The summed E-state index contributed by atoms with van der Waals surface area (Å²) in [7, 11) is 0. The molecule has 0 unspecified atom stereocenters. The Labute approximate surface area is 128 Å². The summed E-state index contributed by atoms with van der Waals surface area (Å²) < 4.78 is 5.25. The van der Waals surface area contributed by atoms with Crippen LogP contribution in [0.4, 0.5) is 0 Å². The average Bonchev–Trinajstić information content (AvgIpc) is 2.89. The number of nitrogens with zero attached hydrogens (tertiary/aromatic N) is 1. The molecule has 112 valence electrons. The highest BCUT2D eigenvalue weighted by molar-refractivity contribution is 5.85. The van der Waals surface area contributed by atoms with Crippen LogP contribution in [0.5, 0.6) is 0 Å². The zero-order valence-electron chi connectivity index (χ0n) is 11.6. The van der Waals surface area contributed by atoms with Crippen LogP contribution in [0.3, 0.4) is 0 Å². The van der Waals surface area contributed by atoms with Crippen molar-refractivity contribution in [1.82, 2.24) is 10.2 Å². The molecule has 1 aromatic heterocycles. The number of rotatable bonds is 6. The summed E-state index contributed by atoms with van der Waals surface area (Å²) in [5.74, 6) is 0. The van der Waals surface area contributed by atoms with E-state index in [0.717, 1.165) is 26.2 Å². The van der Waals surface area contributed by atoms with E-state index in [-0.39, 0.29) is 24.8 Å². The van der Waals surface area contributed by atoms with Crippen LogP contribution in [0.15, 0.2) is 23.0 Å². The number of nitrogens with one attached hydrogen (secondary N) is 1. The van der Waals surface area contributed by atoms with Crippen molar-refractivity contribution in [3.63, 3.8) is 0 Å². The largest absolute Gasteiger partial charge is 0.472 e. The fourth-order valence-corrected chi connectivity index (χ4v) is 2.61. The molecule has 1 aliphatic heterocycles. The second kappa shape index (κ2) is 10.6. The number of hydrogen-bond acceptors (Lipinski definition) is 3. The molecule has 3 nitrogen and oxygen atoms in total. The molecule has 5 heteroatoms. The van der Waals surface area contributed by atoms with Crippen LogP contribution in [0.1, 0.15) is 44.2 Å². The molecule has 0 radical (unpaired) electrons. The maximum atomic E-state index is 5.25. The Hall–Kier alpha value is -0.220. The van der Waals surface area contributed by atoms with Gasteiger partial charge in [0.2, 0.25) is 0 Å². The second-order valence-electron chi connectivity index (χ2n) is 4.85. The van der Waals surface area contributed by atoms with E-state index in [4.69, 9.17) is 4.42 Å². The van der Waals surface area contributed by atoms with Gasteiger partial charge in [0, 0.05) is 37.8 Å². The molecule has 0 saturated carbocycles. The lowest BCUT2D eigenvalue weighted by Gasteiger charge is -2.34. The van der Waals surface area contributed by atoms with E-state index in [9.17, 15) is 0 Å². The fourth-order valence-electron chi connectivity index (χ4n) is 2.61. The first-order valence-electron chi connectivity index (χ1n) is 6.88. The van der Waals surface area contributed by atoms with E-state index in [1.54, 1.807) is 6.26 Å². The number of piperazine rings is 1. The molecule has 1 fully saturated rings. The highest BCUT2D eigenvalue weighted by Crippen LogP contribution is 2.27. The third-order valence-corrected chi connectivity index (χ3v) is 3.60. The van der Waals surface area contributed by atoms with Gasteiger partial charge in [-0.3, -0.25) is 4.90 Å². The van der Waals surface area contributed by atoms with Gasteiger partial charge >= 0.3 is 0 Å². The monoisotopic (exact) mass is 308 g/mol. The molecular formula is C14H26Cl2N2O. The Morgan fingerprint density at radius 1 is 1.26 bits per heavy atom. The molecule has 1 saturated heterocycles. The van der Waals surface area contributed by atoms with E-state index in [2.05, 4.69) is 23.2 Å². The van der Waals surface area contributed by atoms with Crippen LogP contribution in [0.25, 0.3) is 0 Å². The third kappa shape index (κ3) is 5.74. The van der Waals surface area contributed by atoms with Crippen molar-refractivity contribution < 1.29 is 4.42 Å². The second-order valence-corrected chi connectivity index (χ2v) is 4.85. The fraction of sp³-hybridized carbons (Fsp3) is 0.714. The molecule has 1 N–H and O–H groups in total. The Balaban J connectivity index is 0.00000162. The lowest BCUT2D eigenvalue weighted by atomic mass is 10.0. The maximum absolute atomic E-state index is 5.25. The molecule has 0 spiro atoms. The van der Waals surface area contributed by atoms with Gasteiger partial charge in [-0.1, -0.05) is 26.2 Å². The zero-order valence-corrected chi connectivity index (χ0v) is 13.3. The molecule has 2 heterocycles. The summed E-state index contributed by atoms with van der Waals surface area (Å²) in [6, 6.07) is 2.68. The molecule has 0 aromatic carbocycles. The zero-order chi connectivity index (χ0) is 11.9. The van der Waals surface area contributed by atoms with Crippen LogP contribution < -0.4 is 5.32 Å². The first-order valence-corrected chi connectivity index (χ1v) is 6.88. The number of hydrogen-bond donors (Lipinski definition) is 1. The lowest BCUT2D eigenvalue weighted by Crippen LogP contribution is -2.45. The summed E-state index contributed by atoms with van der Waals surface area (Å²) in [4.78, 5) is 2.59. The van der Waals surface area contributed by atoms with Gasteiger partial charge in [-0.05, 0) is 12.5 Å². The molecule has 0 amide bonds. The van der Waals surface area contributed by atoms with E-state index in [1.165, 1.54) is 31.2 Å². The summed E-state index contributed by atoms with van der Waals surface area (Å²) in [5, 5.41) is 3.42. The highest BCUT2D eigenvalue weighted by Gasteiger charge is 2.22. The van der Waals surface area contributed by atoms with Crippen molar-refractivity contribution in [2.24, 2.45) is 0 Å². The van der Waals surface area contributed by atoms with Crippen LogP contribution >= 0.6 is 24.8 Å². The Kier molecular flexibility index (Phi) is 10.4. The number of unbranched alkanes of at least 4 members (excludes halogenated alkanes) is 2. The summed E-state index contributed by atoms with van der Waals surface area (Å²) in [6.07, 6.45) is 8.91. The Morgan fingerprint density at radius 3 is 2.58 bits per heavy atom. The summed E-state index contributed by atoms with van der Waals surface area (Å²) in [5.41, 5.74) is 1.35. The van der Waals surface area contributed by atoms with Crippen LogP contribution in [0.2, 0.25) is 0 Å². The van der Waals surface area contributed by atoms with Crippen LogP contribution in [-0.4, -0.2) is 31.1 Å². The van der Waals surface area contributed by atoms with Crippen molar-refractivity contribution in [2.45, 2.75) is 38.6 Å². The SMILES string of the molecule is CCCCC[C@H](c1ccoc1)N1CCNCC1.Cl.Cl. The molecule has 1 atom stereocenters. The molecule has 0 bridgehead atoms. The summed E-state index contributed by atoms with van der Waals surface area (Å²) >= 11 is 0. The van der Waals surface area contributed by atoms with Crippen molar-refractivity contribution in [1.29, 1.82) is 0 Å². The minimum absolute atomic E-state index is 0. The van der Waals surface area contributed by atoms with Gasteiger partial charge in [0.1, 0.15) is 0 Å². The molecule has 0 aliphatic carbocycles. The van der Waals surface area contributed by atoms with Gasteiger partial charge in [0.25, 0.3) is 0 Å². The standard InChI is InChI=1S/C14H24N2O.2ClH/c1-2-3-4-5-14(13-6-11-17-12-13)16-9-7-15-8-10-16;;/h6,11-12,14-15H,2-5,7-10H2,1H3;2*1H/t14-;;/m1../s1. The number of furan rings is 1. The first kappa shape index (κ1) is 18.8. The van der Waals surface area contributed by atoms with E-state index >= 15 is 0 Å². The maximum Gasteiger partial charge on any atom is 0.0950 e. The van der Waals surface area contributed by atoms with Crippen molar-refractivity contribution in [2.75, 3.05) is 26.2 Å². The normalized spacial score (nSPS) is 17.3. The minimum atomic E-state index is 0. The summed E-state index contributed by atoms with van der Waals surface area (Å²) in [6.45, 7) is 6.80. The Bertz CT molecular complexity index is 300. The van der Waals surface area contributed by atoms with Crippen molar-refractivity contribution >= 4 is 24.8 Å². The molecule has 2 rings (SSSR count). The predicted octanol–water partition coefficient (Wildman–Crippen LogP) is 3.65. The first-order chi connectivity index (χ1) is 8.42. The topological polar surface area (TPSA) is 28.4 Å². The Morgan fingerprint density at radius 2 is 2.00 bits per heavy atom. The minimum Gasteiger partial charge on any atom is -0.472 e. The van der Waals surface area contributed by atoms with Crippen molar-refractivity contribution in [3.05, 3.63) is 24.2 Å². The van der Waals surface area contributed by atoms with Gasteiger partial charge in [0.05, 0.1) is 12.5 Å². The highest BCUT2D eigenvalue weighted by atomic mass is 35.5. The van der Waals surface area contributed by atoms with E-state index in [0.29, 0.717) is 6.04 Å². The van der Waals surface area contributed by atoms with Gasteiger partial charge in [-0.2, -0.15) is 0 Å². The van der Waals surface area contributed by atoms with Gasteiger partial charge < -0.3 is 9.73 Å². The van der Waals surface area contributed by atoms with Crippen LogP contribution in [0, 0.1) is 0 Å².